The van der Waals surface area contributed by atoms with Crippen molar-refractivity contribution in [3.8, 4) is 5.75 Å². The molecule has 0 aliphatic rings. The maximum absolute atomic E-state index is 9.14. The van der Waals surface area contributed by atoms with Crippen LogP contribution in [0.2, 0.25) is 0 Å². The van der Waals surface area contributed by atoms with Gasteiger partial charge in [0.1, 0.15) is 11.5 Å². The van der Waals surface area contributed by atoms with Gasteiger partial charge in [-0.3, -0.25) is 0 Å². The highest BCUT2D eigenvalue weighted by Crippen LogP contribution is 2.17. The average molecular weight is 218 g/mol. The van der Waals surface area contributed by atoms with E-state index in [0.717, 1.165) is 22.7 Å². The number of phenolic OH excluding ortho intramolecular Hbond substituents is 1. The molecule has 1 heterocycles. The van der Waals surface area contributed by atoms with Crippen molar-refractivity contribution >= 4 is 5.69 Å². The second-order valence-corrected chi connectivity index (χ2v) is 3.70. The predicted molar refractivity (Wildman–Crippen MR) is 61.4 cm³/mol. The lowest BCUT2D eigenvalue weighted by molar-refractivity contribution is 0.392. The summed E-state index contributed by atoms with van der Waals surface area (Å²) in [4.78, 5) is 0. The third-order valence-corrected chi connectivity index (χ3v) is 2.52. The lowest BCUT2D eigenvalue weighted by Gasteiger charge is -2.05. The summed E-state index contributed by atoms with van der Waals surface area (Å²) in [7, 11) is 0. The second kappa shape index (κ2) is 4.26. The van der Waals surface area contributed by atoms with Crippen molar-refractivity contribution in [1.82, 2.24) is 5.16 Å². The quantitative estimate of drug-likeness (QED) is 0.777. The molecule has 0 radical (unpaired) electrons. The number of benzene rings is 1. The zero-order valence-corrected chi connectivity index (χ0v) is 9.32. The lowest BCUT2D eigenvalue weighted by Crippen LogP contribution is -2.00. The Balaban J connectivity index is 2.05. The average Bonchev–Trinajstić information content (AvgIpc) is 2.59. The lowest BCUT2D eigenvalue weighted by atomic mass is 10.2. The number of aryl methyl sites for hydroxylation is 2. The fourth-order valence-electron chi connectivity index (χ4n) is 1.52. The van der Waals surface area contributed by atoms with Gasteiger partial charge in [-0.15, -0.1) is 0 Å². The van der Waals surface area contributed by atoms with Gasteiger partial charge in [0, 0.05) is 17.8 Å². The standard InChI is InChI=1S/C12H14N2O2/c1-8-12(9(2)16-14-8)7-13-10-3-5-11(15)6-4-10/h3-6,13,15H,7H2,1-2H3. The van der Waals surface area contributed by atoms with Gasteiger partial charge in [-0.05, 0) is 38.1 Å². The van der Waals surface area contributed by atoms with Gasteiger partial charge in [0.25, 0.3) is 0 Å². The molecule has 1 aromatic carbocycles. The molecule has 16 heavy (non-hydrogen) atoms. The minimum absolute atomic E-state index is 0.267. The van der Waals surface area contributed by atoms with E-state index in [-0.39, 0.29) is 5.75 Å². The van der Waals surface area contributed by atoms with Crippen LogP contribution in [0.15, 0.2) is 28.8 Å². The van der Waals surface area contributed by atoms with Crippen LogP contribution in [0.1, 0.15) is 17.0 Å². The first kappa shape index (κ1) is 10.5. The van der Waals surface area contributed by atoms with Crippen LogP contribution >= 0.6 is 0 Å². The van der Waals surface area contributed by atoms with E-state index < -0.39 is 0 Å². The van der Waals surface area contributed by atoms with E-state index in [0.29, 0.717) is 6.54 Å². The Labute approximate surface area is 93.9 Å². The normalized spacial score (nSPS) is 10.4. The molecular weight excluding hydrogens is 204 g/mol. The molecule has 1 aromatic heterocycles. The zero-order chi connectivity index (χ0) is 11.5. The predicted octanol–water partition coefficient (Wildman–Crippen LogP) is 2.61. The summed E-state index contributed by atoms with van der Waals surface area (Å²) in [6.07, 6.45) is 0. The maximum atomic E-state index is 9.14. The fraction of sp³-hybridized carbons (Fsp3) is 0.250. The second-order valence-electron chi connectivity index (χ2n) is 3.70. The van der Waals surface area contributed by atoms with Crippen LogP contribution in [-0.2, 0) is 6.54 Å². The maximum Gasteiger partial charge on any atom is 0.138 e. The van der Waals surface area contributed by atoms with Gasteiger partial charge in [-0.25, -0.2) is 0 Å². The molecule has 2 rings (SSSR count). The molecule has 0 amide bonds. The number of anilines is 1. The number of nitrogens with one attached hydrogen (secondary N) is 1. The number of aromatic hydroxyl groups is 1. The number of nitrogens with zero attached hydrogens (tertiary/aromatic N) is 1. The Bertz CT molecular complexity index is 455. The van der Waals surface area contributed by atoms with E-state index in [9.17, 15) is 0 Å². The Morgan fingerprint density at radius 3 is 2.50 bits per heavy atom. The molecule has 0 fully saturated rings. The Morgan fingerprint density at radius 1 is 1.25 bits per heavy atom. The van der Waals surface area contributed by atoms with Crippen molar-refractivity contribution < 1.29 is 9.63 Å². The molecule has 0 bridgehead atoms. The molecule has 2 aromatic rings. The molecule has 84 valence electrons. The Hall–Kier alpha value is -1.97. The first-order valence-electron chi connectivity index (χ1n) is 5.11. The smallest absolute Gasteiger partial charge is 0.138 e. The number of hydrogen-bond acceptors (Lipinski definition) is 4. The molecule has 2 N–H and O–H groups in total. The van der Waals surface area contributed by atoms with Crippen molar-refractivity contribution in [2.24, 2.45) is 0 Å². The van der Waals surface area contributed by atoms with Crippen LogP contribution in [-0.4, -0.2) is 10.3 Å². The summed E-state index contributed by atoms with van der Waals surface area (Å²) in [5.74, 6) is 1.10. The number of hydrogen-bond donors (Lipinski definition) is 2. The van der Waals surface area contributed by atoms with Crippen molar-refractivity contribution in [1.29, 1.82) is 0 Å². The van der Waals surface area contributed by atoms with Crippen molar-refractivity contribution in [2.75, 3.05) is 5.32 Å². The third-order valence-electron chi connectivity index (χ3n) is 2.52. The summed E-state index contributed by atoms with van der Waals surface area (Å²) in [5, 5.41) is 16.3. The van der Waals surface area contributed by atoms with Crippen LogP contribution in [0.25, 0.3) is 0 Å². The summed E-state index contributed by atoms with van der Waals surface area (Å²) >= 11 is 0. The Morgan fingerprint density at radius 2 is 1.94 bits per heavy atom. The van der Waals surface area contributed by atoms with Gasteiger partial charge in [-0.2, -0.15) is 0 Å². The largest absolute Gasteiger partial charge is 0.508 e. The number of aromatic nitrogens is 1. The first-order valence-corrected chi connectivity index (χ1v) is 5.11. The topological polar surface area (TPSA) is 58.3 Å². The molecule has 0 unspecified atom stereocenters. The van der Waals surface area contributed by atoms with Gasteiger partial charge in [0.2, 0.25) is 0 Å². The summed E-state index contributed by atoms with van der Waals surface area (Å²) in [6.45, 7) is 4.49. The molecule has 4 heteroatoms. The van der Waals surface area contributed by atoms with Crippen molar-refractivity contribution in [3.63, 3.8) is 0 Å². The highest BCUT2D eigenvalue weighted by Gasteiger charge is 2.07. The molecule has 0 saturated heterocycles. The first-order chi connectivity index (χ1) is 7.66. The van der Waals surface area contributed by atoms with Crippen molar-refractivity contribution in [2.45, 2.75) is 20.4 Å². The minimum atomic E-state index is 0.267. The van der Waals surface area contributed by atoms with E-state index in [1.807, 2.05) is 26.0 Å². The van der Waals surface area contributed by atoms with Gasteiger partial charge in [0.05, 0.1) is 5.69 Å². The van der Waals surface area contributed by atoms with Crippen LogP contribution in [0, 0.1) is 13.8 Å². The van der Waals surface area contributed by atoms with E-state index in [1.165, 1.54) is 0 Å². The number of rotatable bonds is 3. The van der Waals surface area contributed by atoms with E-state index in [2.05, 4.69) is 10.5 Å². The van der Waals surface area contributed by atoms with Crippen LogP contribution in [0.3, 0.4) is 0 Å². The van der Waals surface area contributed by atoms with E-state index >= 15 is 0 Å². The zero-order valence-electron chi connectivity index (χ0n) is 9.32. The van der Waals surface area contributed by atoms with Crippen LogP contribution in [0.4, 0.5) is 5.69 Å². The summed E-state index contributed by atoms with van der Waals surface area (Å²) < 4.78 is 5.07. The third kappa shape index (κ3) is 2.16. The Kier molecular flexibility index (Phi) is 2.81. The van der Waals surface area contributed by atoms with Crippen LogP contribution < -0.4 is 5.32 Å². The minimum Gasteiger partial charge on any atom is -0.508 e. The molecule has 0 spiro atoms. The molecular formula is C12H14N2O2. The van der Waals surface area contributed by atoms with Gasteiger partial charge in [0.15, 0.2) is 0 Å². The molecule has 0 saturated carbocycles. The molecule has 0 aliphatic heterocycles. The van der Waals surface area contributed by atoms with Gasteiger partial charge < -0.3 is 14.9 Å². The summed E-state index contributed by atoms with van der Waals surface area (Å²) in [6, 6.07) is 6.95. The molecule has 0 atom stereocenters. The van der Waals surface area contributed by atoms with Gasteiger partial charge in [-0.1, -0.05) is 5.16 Å². The van der Waals surface area contributed by atoms with Gasteiger partial charge >= 0.3 is 0 Å². The van der Waals surface area contributed by atoms with E-state index in [1.54, 1.807) is 12.1 Å². The highest BCUT2D eigenvalue weighted by molar-refractivity contribution is 5.46. The molecule has 4 nitrogen and oxygen atoms in total. The van der Waals surface area contributed by atoms with Crippen LogP contribution in [0.5, 0.6) is 5.75 Å². The number of phenols is 1. The fourth-order valence-corrected chi connectivity index (χ4v) is 1.52. The SMILES string of the molecule is Cc1noc(C)c1CNc1ccc(O)cc1. The molecule has 0 aliphatic carbocycles. The monoisotopic (exact) mass is 218 g/mol. The van der Waals surface area contributed by atoms with Crippen molar-refractivity contribution in [3.05, 3.63) is 41.3 Å². The summed E-state index contributed by atoms with van der Waals surface area (Å²) in [5.41, 5.74) is 2.94. The van der Waals surface area contributed by atoms with E-state index in [4.69, 9.17) is 9.63 Å². The highest BCUT2D eigenvalue weighted by atomic mass is 16.5.